The summed E-state index contributed by atoms with van der Waals surface area (Å²) in [5, 5.41) is 10.1. The van der Waals surface area contributed by atoms with E-state index in [0.717, 1.165) is 7.14 Å². The van der Waals surface area contributed by atoms with Crippen LogP contribution in [0.2, 0.25) is 5.02 Å². The largest absolute Gasteiger partial charge is 0.355 e. The number of nitrogens with one attached hydrogen (secondary N) is 2. The second kappa shape index (κ2) is 8.74. The monoisotopic (exact) mass is 621 g/mol. The lowest BCUT2D eigenvalue weighted by atomic mass is 10.1. The van der Waals surface area contributed by atoms with Gasteiger partial charge < -0.3 is 10.6 Å². The molecule has 0 aliphatic heterocycles. The Kier molecular flexibility index (Phi) is 6.55. The van der Waals surface area contributed by atoms with Crippen molar-refractivity contribution in [3.63, 3.8) is 0 Å². The van der Waals surface area contributed by atoms with Gasteiger partial charge in [0.2, 0.25) is 0 Å². The van der Waals surface area contributed by atoms with Gasteiger partial charge in [-0.05, 0) is 82.4 Å². The third kappa shape index (κ3) is 4.30. The van der Waals surface area contributed by atoms with Gasteiger partial charge in [0.15, 0.2) is 5.82 Å². The summed E-state index contributed by atoms with van der Waals surface area (Å²) in [4.78, 5) is 29.6. The molecule has 0 fully saturated rings. The molecule has 0 aliphatic rings. The van der Waals surface area contributed by atoms with Gasteiger partial charge in [0, 0.05) is 20.4 Å². The van der Waals surface area contributed by atoms with Crippen molar-refractivity contribution in [3.05, 3.63) is 65.6 Å². The first-order chi connectivity index (χ1) is 13.3. The third-order valence-corrected chi connectivity index (χ3v) is 5.54. The van der Waals surface area contributed by atoms with E-state index in [2.05, 4.69) is 65.9 Å². The number of hydrogen-bond donors (Lipinski definition) is 2. The average Bonchev–Trinajstić information content (AvgIpc) is 3.05. The zero-order valence-corrected chi connectivity index (χ0v) is 19.8. The maximum absolute atomic E-state index is 13.1. The molecular formula is C18H14ClI2N5O2. The molecule has 28 heavy (non-hydrogen) atoms. The van der Waals surface area contributed by atoms with Crippen molar-refractivity contribution in [3.8, 4) is 5.82 Å². The lowest BCUT2D eigenvalue weighted by molar-refractivity contribution is 0.0964. The molecule has 0 unspecified atom stereocenters. The lowest BCUT2D eigenvalue weighted by Gasteiger charge is -2.14. The second-order valence-corrected chi connectivity index (χ2v) is 8.55. The predicted octanol–water partition coefficient (Wildman–Crippen LogP) is 4.05. The minimum atomic E-state index is -0.424. The van der Waals surface area contributed by atoms with Crippen molar-refractivity contribution in [2.75, 3.05) is 12.4 Å². The van der Waals surface area contributed by atoms with Crippen molar-refractivity contribution in [2.45, 2.75) is 6.92 Å². The molecule has 0 bridgehead atoms. The highest BCUT2D eigenvalue weighted by atomic mass is 127. The molecule has 3 rings (SSSR count). The Morgan fingerprint density at radius 2 is 1.93 bits per heavy atom. The third-order valence-electron chi connectivity index (χ3n) is 3.77. The molecule has 7 nitrogen and oxygen atoms in total. The summed E-state index contributed by atoms with van der Waals surface area (Å²) in [5.74, 6) is -0.359. The lowest BCUT2D eigenvalue weighted by Crippen LogP contribution is -2.24. The molecule has 0 saturated carbocycles. The molecule has 2 N–H and O–H groups in total. The average molecular weight is 622 g/mol. The van der Waals surface area contributed by atoms with Gasteiger partial charge in [0.1, 0.15) is 5.69 Å². The van der Waals surface area contributed by atoms with Crippen LogP contribution in [-0.4, -0.2) is 33.6 Å². The van der Waals surface area contributed by atoms with Crippen molar-refractivity contribution in [1.82, 2.24) is 20.1 Å². The molecule has 1 aromatic carbocycles. The van der Waals surface area contributed by atoms with Gasteiger partial charge in [-0.3, -0.25) is 9.59 Å². The molecule has 2 heterocycles. The number of nitrogens with zero attached hydrogens (tertiary/aromatic N) is 3. The van der Waals surface area contributed by atoms with Crippen LogP contribution in [-0.2, 0) is 0 Å². The number of anilines is 1. The molecule has 2 amide bonds. The minimum absolute atomic E-state index is 0.260. The van der Waals surface area contributed by atoms with E-state index in [1.165, 1.54) is 4.68 Å². The smallest absolute Gasteiger partial charge is 0.274 e. The first-order valence-corrected chi connectivity index (χ1v) is 10.6. The summed E-state index contributed by atoms with van der Waals surface area (Å²) in [6, 6.07) is 8.61. The van der Waals surface area contributed by atoms with Crippen LogP contribution in [0.4, 0.5) is 5.69 Å². The summed E-state index contributed by atoms with van der Waals surface area (Å²) in [5.41, 5.74) is 1.71. The summed E-state index contributed by atoms with van der Waals surface area (Å²) in [6.07, 6.45) is 1.58. The number of halogens is 3. The molecule has 0 radical (unpaired) electrons. The first kappa shape index (κ1) is 21.0. The minimum Gasteiger partial charge on any atom is -0.355 e. The van der Waals surface area contributed by atoms with Gasteiger partial charge in [-0.15, -0.1) is 0 Å². The quantitative estimate of drug-likeness (QED) is 0.431. The van der Waals surface area contributed by atoms with Crippen LogP contribution in [0.1, 0.15) is 26.5 Å². The fourth-order valence-electron chi connectivity index (χ4n) is 2.55. The van der Waals surface area contributed by atoms with E-state index in [-0.39, 0.29) is 11.6 Å². The molecule has 0 atom stereocenters. The van der Waals surface area contributed by atoms with Crippen LogP contribution in [0, 0.1) is 14.1 Å². The number of amides is 2. The van der Waals surface area contributed by atoms with E-state index < -0.39 is 5.91 Å². The van der Waals surface area contributed by atoms with Crippen molar-refractivity contribution >= 4 is 74.3 Å². The number of rotatable bonds is 4. The summed E-state index contributed by atoms with van der Waals surface area (Å²) in [7, 11) is 1.54. The van der Waals surface area contributed by atoms with Crippen molar-refractivity contribution in [1.29, 1.82) is 0 Å². The van der Waals surface area contributed by atoms with Crippen molar-refractivity contribution < 1.29 is 9.59 Å². The van der Waals surface area contributed by atoms with E-state index in [0.29, 0.717) is 27.8 Å². The number of pyridine rings is 1. The normalized spacial score (nSPS) is 10.6. The Bertz CT molecular complexity index is 1080. The molecule has 144 valence electrons. The topological polar surface area (TPSA) is 88.9 Å². The summed E-state index contributed by atoms with van der Waals surface area (Å²) >= 11 is 10.4. The highest BCUT2D eigenvalue weighted by Gasteiger charge is 2.22. The van der Waals surface area contributed by atoms with Gasteiger partial charge in [0.25, 0.3) is 11.8 Å². The predicted molar refractivity (Wildman–Crippen MR) is 124 cm³/mol. The fraction of sp³-hybridized carbons (Fsp3) is 0.111. The number of carbonyl (C=O) groups is 2. The second-order valence-electron chi connectivity index (χ2n) is 5.74. The Morgan fingerprint density at radius 1 is 1.18 bits per heavy atom. The Hall–Kier alpha value is -1.73. The van der Waals surface area contributed by atoms with Crippen LogP contribution in [0.25, 0.3) is 5.82 Å². The molecule has 0 saturated heterocycles. The van der Waals surface area contributed by atoms with Gasteiger partial charge >= 0.3 is 0 Å². The maximum atomic E-state index is 13.1. The summed E-state index contributed by atoms with van der Waals surface area (Å²) in [6.45, 7) is 1.77. The van der Waals surface area contributed by atoms with E-state index in [4.69, 9.17) is 11.6 Å². The number of aromatic nitrogens is 3. The highest BCUT2D eigenvalue weighted by molar-refractivity contribution is 14.1. The fourth-order valence-corrected chi connectivity index (χ4v) is 4.73. The van der Waals surface area contributed by atoms with Crippen LogP contribution in [0.5, 0.6) is 0 Å². The van der Waals surface area contributed by atoms with Crippen LogP contribution >= 0.6 is 56.8 Å². The number of aryl methyl sites for hydroxylation is 1. The van der Waals surface area contributed by atoms with Crippen LogP contribution < -0.4 is 10.6 Å². The molecule has 0 spiro atoms. The van der Waals surface area contributed by atoms with E-state index in [1.54, 1.807) is 44.4 Å². The van der Waals surface area contributed by atoms with Crippen LogP contribution in [0.15, 0.2) is 36.5 Å². The number of carbonyl (C=O) groups excluding carboxylic acids is 2. The van der Waals surface area contributed by atoms with Gasteiger partial charge in [-0.25, -0.2) is 9.67 Å². The zero-order valence-electron chi connectivity index (χ0n) is 14.8. The van der Waals surface area contributed by atoms with Crippen LogP contribution in [0.3, 0.4) is 0 Å². The van der Waals surface area contributed by atoms with Gasteiger partial charge in [0.05, 0.1) is 22.0 Å². The molecule has 0 aliphatic carbocycles. The number of benzene rings is 1. The number of hydrogen-bond acceptors (Lipinski definition) is 4. The molecular weight excluding hydrogens is 607 g/mol. The van der Waals surface area contributed by atoms with E-state index >= 15 is 0 Å². The molecule has 2 aromatic heterocycles. The SMILES string of the molecule is CNC(=O)c1cc(I)cc(I)c1NC(=O)c1cc(C)nn1-c1ncccc1Cl. The van der Waals surface area contributed by atoms with Gasteiger partial charge in [-0.1, -0.05) is 11.6 Å². The maximum Gasteiger partial charge on any atom is 0.274 e. The standard InChI is InChI=1S/C18H14ClI2N5O2/c1-9-6-14(26(25-9)16-12(19)4-3-5-23-16)18(28)24-15-11(17(27)22-2)7-10(20)8-13(15)21/h3-8H,1-2H3,(H,22,27)(H,24,28). The summed E-state index contributed by atoms with van der Waals surface area (Å²) < 4.78 is 3.03. The van der Waals surface area contributed by atoms with Crippen molar-refractivity contribution in [2.24, 2.45) is 0 Å². The molecule has 3 aromatic rings. The Labute approximate surface area is 193 Å². The molecule has 10 heteroatoms. The first-order valence-electron chi connectivity index (χ1n) is 8.02. The zero-order chi connectivity index (χ0) is 20.4. The highest BCUT2D eigenvalue weighted by Crippen LogP contribution is 2.27. The van der Waals surface area contributed by atoms with Gasteiger partial charge in [-0.2, -0.15) is 5.10 Å². The Morgan fingerprint density at radius 3 is 2.61 bits per heavy atom. The van der Waals surface area contributed by atoms with E-state index in [9.17, 15) is 9.59 Å². The Balaban J connectivity index is 2.05. The van der Waals surface area contributed by atoms with E-state index in [1.807, 2.05) is 6.07 Å².